The van der Waals surface area contributed by atoms with Gasteiger partial charge in [-0.25, -0.2) is 4.79 Å². The van der Waals surface area contributed by atoms with E-state index in [0.717, 1.165) is 4.47 Å². The lowest BCUT2D eigenvalue weighted by Crippen LogP contribution is -2.43. The summed E-state index contributed by atoms with van der Waals surface area (Å²) in [5.41, 5.74) is 0.614. The average molecular weight is 462 g/mol. The molecule has 0 aliphatic carbocycles. The Hall–Kier alpha value is -1.41. The maximum absolute atomic E-state index is 12.7. The first-order chi connectivity index (χ1) is 12.8. The number of carbonyl (C=O) groups excluding carboxylic acids is 2. The Labute approximate surface area is 167 Å². The van der Waals surface area contributed by atoms with Gasteiger partial charge in [-0.1, -0.05) is 15.9 Å². The molecule has 1 unspecified atom stereocenters. The van der Waals surface area contributed by atoms with Gasteiger partial charge in [-0.05, 0) is 51.5 Å². The molecular formula is C17H25BrN3O5P. The molecule has 0 spiro atoms. The number of carbonyl (C=O) groups is 2. The predicted molar refractivity (Wildman–Crippen MR) is 107 cm³/mol. The van der Waals surface area contributed by atoms with Gasteiger partial charge in [0.2, 0.25) is 5.91 Å². The number of likely N-dealkylation sites (tertiary alicyclic amines) is 1. The summed E-state index contributed by atoms with van der Waals surface area (Å²) in [6.07, 6.45) is 0.298. The van der Waals surface area contributed by atoms with Gasteiger partial charge in [-0.2, -0.15) is 0 Å². The molecule has 2 rings (SSSR count). The van der Waals surface area contributed by atoms with Crippen LogP contribution in [0, 0.1) is 0 Å². The van der Waals surface area contributed by atoms with E-state index in [1.807, 2.05) is 6.92 Å². The van der Waals surface area contributed by atoms with Crippen LogP contribution in [0.15, 0.2) is 28.7 Å². The number of anilines is 1. The molecule has 1 aliphatic heterocycles. The first-order valence-electron chi connectivity index (χ1n) is 8.79. The van der Waals surface area contributed by atoms with E-state index < -0.39 is 19.7 Å². The number of nitrogens with zero attached hydrogens (tertiary/aromatic N) is 1. The number of nitrogens with one attached hydrogen (secondary N) is 2. The minimum Gasteiger partial charge on any atom is -0.326 e. The minimum absolute atomic E-state index is 0.124. The topological polar surface area (TPSA) is 97.0 Å². The molecule has 1 aliphatic rings. The number of rotatable bonds is 8. The van der Waals surface area contributed by atoms with Crippen LogP contribution < -0.4 is 10.6 Å². The second-order valence-corrected chi connectivity index (χ2v) is 9.08. The normalized spacial score (nSPS) is 20.0. The minimum atomic E-state index is -3.39. The van der Waals surface area contributed by atoms with Crippen LogP contribution in [-0.4, -0.2) is 48.4 Å². The van der Waals surface area contributed by atoms with Crippen LogP contribution in [0.5, 0.6) is 0 Å². The number of benzene rings is 1. The SMILES string of the molecule is CCOP(=O)(CN1C(=O)[C@@H](NC(=O)Nc2ccc(Br)cc2)CC1C)OCC. The monoisotopic (exact) mass is 461 g/mol. The summed E-state index contributed by atoms with van der Waals surface area (Å²) in [5, 5.41) is 5.37. The number of hydrogen-bond donors (Lipinski definition) is 2. The van der Waals surface area contributed by atoms with E-state index in [4.69, 9.17) is 9.05 Å². The standard InChI is InChI=1S/C17H25BrN3O5P/c1-4-25-27(24,26-5-2)11-21-12(3)10-15(16(21)22)20-17(23)19-14-8-6-13(18)7-9-14/h6-9,12,15H,4-5,10-11H2,1-3H3,(H2,19,20,23)/t12?,15-/m0/s1. The molecule has 1 aromatic carbocycles. The second-order valence-electron chi connectivity index (χ2n) is 6.14. The molecule has 8 nitrogen and oxygen atoms in total. The van der Waals surface area contributed by atoms with Gasteiger partial charge in [0.15, 0.2) is 0 Å². The molecule has 0 saturated carbocycles. The molecule has 1 heterocycles. The summed E-state index contributed by atoms with van der Waals surface area (Å²) in [7, 11) is -3.39. The number of amides is 3. The van der Waals surface area contributed by atoms with E-state index in [1.165, 1.54) is 4.90 Å². The smallest absolute Gasteiger partial charge is 0.326 e. The number of hydrogen-bond acceptors (Lipinski definition) is 5. The van der Waals surface area contributed by atoms with Crippen molar-refractivity contribution in [1.82, 2.24) is 10.2 Å². The molecule has 0 radical (unpaired) electrons. The van der Waals surface area contributed by atoms with Crippen LogP contribution in [0.25, 0.3) is 0 Å². The van der Waals surface area contributed by atoms with Crippen LogP contribution in [0.4, 0.5) is 10.5 Å². The van der Waals surface area contributed by atoms with Crippen LogP contribution in [0.2, 0.25) is 0 Å². The molecule has 0 bridgehead atoms. The first-order valence-corrected chi connectivity index (χ1v) is 11.3. The fraction of sp³-hybridized carbons (Fsp3) is 0.529. The fourth-order valence-corrected chi connectivity index (χ4v) is 4.95. The molecule has 2 atom stereocenters. The van der Waals surface area contributed by atoms with E-state index in [-0.39, 0.29) is 31.4 Å². The Morgan fingerprint density at radius 3 is 2.41 bits per heavy atom. The van der Waals surface area contributed by atoms with Gasteiger partial charge in [0.25, 0.3) is 0 Å². The largest absolute Gasteiger partial charge is 0.349 e. The van der Waals surface area contributed by atoms with Crippen molar-refractivity contribution in [3.8, 4) is 0 Å². The Morgan fingerprint density at radius 2 is 1.85 bits per heavy atom. The maximum Gasteiger partial charge on any atom is 0.349 e. The van der Waals surface area contributed by atoms with Gasteiger partial charge in [0.05, 0.1) is 13.2 Å². The zero-order valence-electron chi connectivity index (χ0n) is 15.6. The molecule has 3 amide bonds. The van der Waals surface area contributed by atoms with Gasteiger partial charge < -0.3 is 24.6 Å². The highest BCUT2D eigenvalue weighted by Gasteiger charge is 2.42. The van der Waals surface area contributed by atoms with Crippen molar-refractivity contribution >= 4 is 41.2 Å². The summed E-state index contributed by atoms with van der Waals surface area (Å²) in [6, 6.07) is 5.75. The molecule has 150 valence electrons. The average Bonchev–Trinajstić information content (AvgIpc) is 2.84. The molecule has 2 N–H and O–H groups in total. The summed E-state index contributed by atoms with van der Waals surface area (Å²) >= 11 is 3.33. The Kier molecular flexibility index (Phi) is 7.85. The third-order valence-electron chi connectivity index (χ3n) is 4.07. The lowest BCUT2D eigenvalue weighted by molar-refractivity contribution is -0.129. The van der Waals surface area contributed by atoms with E-state index in [9.17, 15) is 14.2 Å². The highest BCUT2D eigenvalue weighted by molar-refractivity contribution is 9.10. The quantitative estimate of drug-likeness (QED) is 0.574. The highest BCUT2D eigenvalue weighted by Crippen LogP contribution is 2.49. The van der Waals surface area contributed by atoms with Crippen molar-refractivity contribution in [2.45, 2.75) is 39.3 Å². The summed E-state index contributed by atoms with van der Waals surface area (Å²) in [6.45, 7) is 5.74. The number of halogens is 1. The summed E-state index contributed by atoms with van der Waals surface area (Å²) in [5.74, 6) is -0.298. The van der Waals surface area contributed by atoms with Gasteiger partial charge in [0.1, 0.15) is 12.3 Å². The first kappa shape index (κ1) is 21.9. The van der Waals surface area contributed by atoms with Gasteiger partial charge in [-0.3, -0.25) is 9.36 Å². The molecule has 1 fully saturated rings. The lowest BCUT2D eigenvalue weighted by atomic mass is 10.2. The highest BCUT2D eigenvalue weighted by atomic mass is 79.9. The Balaban J connectivity index is 1.98. The van der Waals surface area contributed by atoms with Crippen molar-refractivity contribution in [3.63, 3.8) is 0 Å². The predicted octanol–water partition coefficient (Wildman–Crippen LogP) is 3.78. The number of urea groups is 1. The van der Waals surface area contributed by atoms with Crippen molar-refractivity contribution in [2.75, 3.05) is 24.8 Å². The molecule has 27 heavy (non-hydrogen) atoms. The maximum atomic E-state index is 12.7. The molecule has 1 aromatic rings. The van der Waals surface area contributed by atoms with Crippen LogP contribution in [0.1, 0.15) is 27.2 Å². The van der Waals surface area contributed by atoms with Crippen molar-refractivity contribution < 1.29 is 23.2 Å². The zero-order chi connectivity index (χ0) is 20.0. The second kappa shape index (κ2) is 9.68. The van der Waals surface area contributed by atoms with Crippen LogP contribution in [0.3, 0.4) is 0 Å². The van der Waals surface area contributed by atoms with Crippen molar-refractivity contribution in [2.24, 2.45) is 0 Å². The Bertz CT molecular complexity index is 705. The van der Waals surface area contributed by atoms with Crippen molar-refractivity contribution in [3.05, 3.63) is 28.7 Å². The summed E-state index contributed by atoms with van der Waals surface area (Å²) in [4.78, 5) is 26.3. The van der Waals surface area contributed by atoms with E-state index in [1.54, 1.807) is 38.1 Å². The molecule has 0 aromatic heterocycles. The van der Waals surface area contributed by atoms with E-state index in [2.05, 4.69) is 26.6 Å². The molecule has 1 saturated heterocycles. The Morgan fingerprint density at radius 1 is 1.26 bits per heavy atom. The lowest BCUT2D eigenvalue weighted by Gasteiger charge is -2.26. The summed E-state index contributed by atoms with van der Waals surface area (Å²) < 4.78 is 24.2. The van der Waals surface area contributed by atoms with Crippen LogP contribution >= 0.6 is 23.5 Å². The molecule has 10 heteroatoms. The van der Waals surface area contributed by atoms with Crippen LogP contribution in [-0.2, 0) is 18.4 Å². The third-order valence-corrected chi connectivity index (χ3v) is 6.56. The van der Waals surface area contributed by atoms with Gasteiger partial charge >= 0.3 is 13.6 Å². The molecular weight excluding hydrogens is 437 g/mol. The third kappa shape index (κ3) is 6.04. The van der Waals surface area contributed by atoms with Crippen molar-refractivity contribution in [1.29, 1.82) is 0 Å². The van der Waals surface area contributed by atoms with Gasteiger partial charge in [-0.15, -0.1) is 0 Å². The van der Waals surface area contributed by atoms with E-state index in [0.29, 0.717) is 12.1 Å². The zero-order valence-corrected chi connectivity index (χ0v) is 18.1. The van der Waals surface area contributed by atoms with Gasteiger partial charge in [0, 0.05) is 16.2 Å². The van der Waals surface area contributed by atoms with E-state index >= 15 is 0 Å². The fourth-order valence-electron chi connectivity index (χ4n) is 2.87.